The molecule has 3 N–H and O–H groups in total. The second-order valence-corrected chi connectivity index (χ2v) is 9.68. The van der Waals surface area contributed by atoms with Crippen molar-refractivity contribution in [2.45, 2.75) is 46.5 Å². The third kappa shape index (κ3) is 7.49. The van der Waals surface area contributed by atoms with E-state index in [1.165, 1.54) is 4.88 Å². The number of unbranched alkanes of at least 4 members (excludes halogenated alkanes) is 2. The molecular formula is C26H33N3O3S. The Bertz CT molecular complexity index is 1030. The summed E-state index contributed by atoms with van der Waals surface area (Å²) < 4.78 is 11.6. The van der Waals surface area contributed by atoms with E-state index >= 15 is 0 Å². The zero-order chi connectivity index (χ0) is 23.6. The minimum Gasteiger partial charge on any atom is -0.494 e. The van der Waals surface area contributed by atoms with Gasteiger partial charge in [-0.2, -0.15) is 0 Å². The second-order valence-electron chi connectivity index (χ2n) is 8.39. The van der Waals surface area contributed by atoms with E-state index in [2.05, 4.69) is 38.1 Å². The Hall–Kier alpha value is -3.06. The van der Waals surface area contributed by atoms with Gasteiger partial charge in [0.1, 0.15) is 11.5 Å². The zero-order valence-electron chi connectivity index (χ0n) is 19.6. The van der Waals surface area contributed by atoms with Crippen molar-refractivity contribution in [1.82, 2.24) is 4.98 Å². The summed E-state index contributed by atoms with van der Waals surface area (Å²) in [6.07, 6.45) is 4.00. The van der Waals surface area contributed by atoms with Crippen molar-refractivity contribution in [2.75, 3.05) is 13.2 Å². The van der Waals surface area contributed by atoms with Gasteiger partial charge < -0.3 is 20.4 Å². The largest absolute Gasteiger partial charge is 0.494 e. The van der Waals surface area contributed by atoms with Gasteiger partial charge in [-0.1, -0.05) is 19.0 Å². The molecule has 0 radical (unpaired) electrons. The summed E-state index contributed by atoms with van der Waals surface area (Å²) >= 11 is 1.79. The second kappa shape index (κ2) is 12.3. The molecule has 0 amide bonds. The van der Waals surface area contributed by atoms with E-state index in [9.17, 15) is 0 Å². The molecule has 0 saturated carbocycles. The first-order valence-electron chi connectivity index (χ1n) is 11.4. The summed E-state index contributed by atoms with van der Waals surface area (Å²) in [7, 11) is 0. The summed E-state index contributed by atoms with van der Waals surface area (Å²) in [6, 6.07) is 15.4. The van der Waals surface area contributed by atoms with Gasteiger partial charge in [0.2, 0.25) is 0 Å². The van der Waals surface area contributed by atoms with Crippen LogP contribution in [-0.2, 0) is 6.42 Å². The molecular weight excluding hydrogens is 434 g/mol. The van der Waals surface area contributed by atoms with Gasteiger partial charge in [-0.25, -0.2) is 4.98 Å². The topological polar surface area (TPSA) is 90.0 Å². The van der Waals surface area contributed by atoms with Crippen LogP contribution in [0.2, 0.25) is 0 Å². The van der Waals surface area contributed by atoms with Crippen molar-refractivity contribution in [3.63, 3.8) is 0 Å². The van der Waals surface area contributed by atoms with E-state index in [1.807, 2.05) is 24.3 Å². The predicted molar refractivity (Wildman–Crippen MR) is 135 cm³/mol. The molecule has 1 heterocycles. The monoisotopic (exact) mass is 467 g/mol. The molecule has 6 nitrogen and oxygen atoms in total. The first kappa shape index (κ1) is 24.6. The lowest BCUT2D eigenvalue weighted by Gasteiger charge is -2.09. The standard InChI is InChI=1S/C26H33N3O3S/c1-18(2)17-24-25(28-19(3)33-24)20-7-11-22(12-8-20)31-15-5-4-6-16-32-23-13-9-21(10-14-23)26(27)29-30/h7-14,18,30H,4-6,15-17H2,1-3H3,(H2,27,29). The number of oxime groups is 1. The third-order valence-corrected chi connectivity index (χ3v) is 6.10. The van der Waals surface area contributed by atoms with Crippen LogP contribution in [0.25, 0.3) is 11.3 Å². The highest BCUT2D eigenvalue weighted by atomic mass is 32.1. The van der Waals surface area contributed by atoms with Crippen molar-refractivity contribution in [3.8, 4) is 22.8 Å². The number of aryl methyl sites for hydroxylation is 1. The maximum absolute atomic E-state index is 8.69. The average molecular weight is 468 g/mol. The average Bonchev–Trinajstić information content (AvgIpc) is 3.17. The first-order valence-corrected chi connectivity index (χ1v) is 12.2. The van der Waals surface area contributed by atoms with Crippen LogP contribution in [0.4, 0.5) is 0 Å². The van der Waals surface area contributed by atoms with Crippen molar-refractivity contribution in [3.05, 3.63) is 64.0 Å². The number of thiazole rings is 1. The number of nitrogens with zero attached hydrogens (tertiary/aromatic N) is 2. The highest BCUT2D eigenvalue weighted by Gasteiger charge is 2.12. The van der Waals surface area contributed by atoms with Gasteiger partial charge in [0, 0.05) is 16.0 Å². The molecule has 1 aromatic heterocycles. The number of rotatable bonds is 12. The predicted octanol–water partition coefficient (Wildman–Crippen LogP) is 6.04. The lowest BCUT2D eigenvalue weighted by atomic mass is 10.0. The molecule has 2 aromatic carbocycles. The van der Waals surface area contributed by atoms with Gasteiger partial charge in [-0.3, -0.25) is 0 Å². The highest BCUT2D eigenvalue weighted by Crippen LogP contribution is 2.31. The molecule has 0 spiro atoms. The first-order chi connectivity index (χ1) is 16.0. The number of amidine groups is 1. The zero-order valence-corrected chi connectivity index (χ0v) is 20.4. The van der Waals surface area contributed by atoms with E-state index < -0.39 is 0 Å². The number of hydrogen-bond donors (Lipinski definition) is 2. The highest BCUT2D eigenvalue weighted by molar-refractivity contribution is 7.12. The van der Waals surface area contributed by atoms with Gasteiger partial charge >= 0.3 is 0 Å². The summed E-state index contributed by atoms with van der Waals surface area (Å²) in [5.74, 6) is 2.36. The summed E-state index contributed by atoms with van der Waals surface area (Å²) in [4.78, 5) is 6.11. The van der Waals surface area contributed by atoms with Crippen LogP contribution in [-0.4, -0.2) is 29.2 Å². The molecule has 3 aromatic rings. The van der Waals surface area contributed by atoms with Crippen LogP contribution in [0.5, 0.6) is 11.5 Å². The number of aromatic nitrogens is 1. The van der Waals surface area contributed by atoms with E-state index in [0.717, 1.165) is 53.4 Å². The normalized spacial score (nSPS) is 11.7. The molecule has 0 aliphatic heterocycles. The molecule has 0 fully saturated rings. The molecule has 0 bridgehead atoms. The minimum atomic E-state index is 0.0882. The van der Waals surface area contributed by atoms with Gasteiger partial charge in [0.25, 0.3) is 0 Å². The summed E-state index contributed by atoms with van der Waals surface area (Å²) in [6.45, 7) is 7.88. The fourth-order valence-corrected chi connectivity index (χ4v) is 4.62. The van der Waals surface area contributed by atoms with E-state index in [-0.39, 0.29) is 5.84 Å². The van der Waals surface area contributed by atoms with Crippen molar-refractivity contribution in [1.29, 1.82) is 0 Å². The Balaban J connectivity index is 1.36. The van der Waals surface area contributed by atoms with E-state index in [0.29, 0.717) is 24.7 Å². The maximum Gasteiger partial charge on any atom is 0.170 e. The van der Waals surface area contributed by atoms with Crippen molar-refractivity contribution >= 4 is 17.2 Å². The van der Waals surface area contributed by atoms with Gasteiger partial charge in [0.05, 0.1) is 23.9 Å². The lowest BCUT2D eigenvalue weighted by molar-refractivity contribution is 0.279. The van der Waals surface area contributed by atoms with Crippen LogP contribution in [0, 0.1) is 12.8 Å². The number of nitrogens with two attached hydrogens (primary N) is 1. The molecule has 0 aliphatic carbocycles. The van der Waals surface area contributed by atoms with E-state index in [4.69, 9.17) is 25.4 Å². The molecule has 33 heavy (non-hydrogen) atoms. The summed E-state index contributed by atoms with van der Waals surface area (Å²) in [5, 5.41) is 12.8. The molecule has 0 atom stereocenters. The quantitative estimate of drug-likeness (QED) is 0.111. The smallest absolute Gasteiger partial charge is 0.170 e. The number of benzene rings is 2. The molecule has 0 saturated heterocycles. The molecule has 0 aliphatic rings. The number of ether oxygens (including phenoxy) is 2. The van der Waals surface area contributed by atoms with Crippen LogP contribution in [0.15, 0.2) is 53.7 Å². The summed E-state index contributed by atoms with van der Waals surface area (Å²) in [5.41, 5.74) is 8.48. The Morgan fingerprint density at radius 2 is 1.55 bits per heavy atom. The third-order valence-electron chi connectivity index (χ3n) is 5.11. The van der Waals surface area contributed by atoms with Crippen LogP contribution >= 0.6 is 11.3 Å². The fourth-order valence-electron chi connectivity index (χ4n) is 3.45. The minimum absolute atomic E-state index is 0.0882. The van der Waals surface area contributed by atoms with Gasteiger partial charge in [-0.05, 0) is 87.1 Å². The SMILES string of the molecule is Cc1nc(-c2ccc(OCCCCCOc3ccc(/C(N)=N/O)cc3)cc2)c(CC(C)C)s1. The Labute approximate surface area is 200 Å². The fraction of sp³-hybridized carbons (Fsp3) is 0.385. The lowest BCUT2D eigenvalue weighted by Crippen LogP contribution is -2.12. The van der Waals surface area contributed by atoms with Gasteiger partial charge in [-0.15, -0.1) is 11.3 Å². The van der Waals surface area contributed by atoms with Crippen LogP contribution in [0.1, 0.15) is 48.6 Å². The van der Waals surface area contributed by atoms with Crippen molar-refractivity contribution in [2.24, 2.45) is 16.8 Å². The molecule has 0 unspecified atom stereocenters. The van der Waals surface area contributed by atoms with E-state index in [1.54, 1.807) is 23.5 Å². The number of hydrogen-bond acceptors (Lipinski definition) is 6. The molecule has 7 heteroatoms. The Morgan fingerprint density at radius 1 is 0.970 bits per heavy atom. The maximum atomic E-state index is 8.69. The Morgan fingerprint density at radius 3 is 2.09 bits per heavy atom. The van der Waals surface area contributed by atoms with Crippen LogP contribution < -0.4 is 15.2 Å². The van der Waals surface area contributed by atoms with Gasteiger partial charge in [0.15, 0.2) is 5.84 Å². The molecule has 176 valence electrons. The van der Waals surface area contributed by atoms with Crippen LogP contribution in [0.3, 0.4) is 0 Å². The molecule has 3 rings (SSSR count). The Kier molecular flexibility index (Phi) is 9.13. The van der Waals surface area contributed by atoms with Crippen molar-refractivity contribution < 1.29 is 14.7 Å².